The normalized spacial score (nSPS) is 17.4. The Morgan fingerprint density at radius 1 is 1.35 bits per heavy atom. The van der Waals surface area contributed by atoms with Crippen LogP contribution in [-0.2, 0) is 10.0 Å². The van der Waals surface area contributed by atoms with Gasteiger partial charge in [0, 0.05) is 6.08 Å². The van der Waals surface area contributed by atoms with Crippen LogP contribution in [0, 0.1) is 0 Å². The SMILES string of the molecule is NC1=CC(COc2ccccc2O)=NS1(=O)=O. The number of rotatable bonds is 3. The lowest BCUT2D eigenvalue weighted by Gasteiger charge is -2.05. The fourth-order valence-corrected chi connectivity index (χ4v) is 2.08. The first kappa shape index (κ1) is 11.5. The molecule has 2 rings (SSSR count). The van der Waals surface area contributed by atoms with E-state index in [1.807, 2.05) is 0 Å². The van der Waals surface area contributed by atoms with E-state index in [9.17, 15) is 13.5 Å². The molecule has 0 spiro atoms. The molecule has 1 aromatic carbocycles. The van der Waals surface area contributed by atoms with Crippen LogP contribution in [0.1, 0.15) is 0 Å². The van der Waals surface area contributed by atoms with Crippen molar-refractivity contribution in [3.63, 3.8) is 0 Å². The highest BCUT2D eigenvalue weighted by atomic mass is 32.2. The molecule has 0 bridgehead atoms. The van der Waals surface area contributed by atoms with Crippen molar-refractivity contribution in [1.29, 1.82) is 0 Å². The number of hydrogen-bond donors (Lipinski definition) is 2. The van der Waals surface area contributed by atoms with Crippen molar-refractivity contribution in [3.8, 4) is 11.5 Å². The summed E-state index contributed by atoms with van der Waals surface area (Å²) >= 11 is 0. The minimum absolute atomic E-state index is 0.0223. The monoisotopic (exact) mass is 254 g/mol. The van der Waals surface area contributed by atoms with Crippen molar-refractivity contribution in [2.45, 2.75) is 0 Å². The first-order valence-corrected chi connectivity index (χ1v) is 6.15. The Hall–Kier alpha value is -2.02. The molecule has 1 aromatic rings. The molecule has 17 heavy (non-hydrogen) atoms. The van der Waals surface area contributed by atoms with E-state index in [4.69, 9.17) is 10.5 Å². The van der Waals surface area contributed by atoms with Crippen molar-refractivity contribution < 1.29 is 18.3 Å². The summed E-state index contributed by atoms with van der Waals surface area (Å²) < 4.78 is 31.0. The van der Waals surface area contributed by atoms with E-state index in [2.05, 4.69) is 4.40 Å². The molecule has 1 heterocycles. The molecular formula is C10H10N2O4S. The highest BCUT2D eigenvalue weighted by molar-refractivity contribution is 7.94. The van der Waals surface area contributed by atoms with Gasteiger partial charge in [0.05, 0.1) is 5.71 Å². The third-order valence-corrected chi connectivity index (χ3v) is 3.27. The third-order valence-electron chi connectivity index (χ3n) is 2.08. The van der Waals surface area contributed by atoms with Gasteiger partial charge >= 0.3 is 0 Å². The van der Waals surface area contributed by atoms with Gasteiger partial charge in [0.1, 0.15) is 6.61 Å². The van der Waals surface area contributed by atoms with Gasteiger partial charge in [0.2, 0.25) is 0 Å². The number of aromatic hydroxyl groups is 1. The van der Waals surface area contributed by atoms with E-state index in [1.54, 1.807) is 18.2 Å². The molecule has 0 fully saturated rings. The van der Waals surface area contributed by atoms with Crippen molar-refractivity contribution in [3.05, 3.63) is 35.4 Å². The maximum absolute atomic E-state index is 11.2. The van der Waals surface area contributed by atoms with Crippen molar-refractivity contribution in [2.75, 3.05) is 6.61 Å². The van der Waals surface area contributed by atoms with E-state index in [0.717, 1.165) is 0 Å². The second kappa shape index (κ2) is 4.10. The maximum atomic E-state index is 11.2. The first-order chi connectivity index (χ1) is 7.99. The van der Waals surface area contributed by atoms with Gasteiger partial charge in [-0.15, -0.1) is 0 Å². The molecular weight excluding hydrogens is 244 g/mol. The van der Waals surface area contributed by atoms with E-state index in [0.29, 0.717) is 0 Å². The Morgan fingerprint density at radius 2 is 2.06 bits per heavy atom. The molecule has 1 aliphatic heterocycles. The predicted molar refractivity (Wildman–Crippen MR) is 62.2 cm³/mol. The number of sulfonamides is 1. The molecule has 0 radical (unpaired) electrons. The van der Waals surface area contributed by atoms with Gasteiger partial charge in [-0.25, -0.2) is 0 Å². The molecule has 0 amide bonds. The molecule has 0 saturated carbocycles. The minimum Gasteiger partial charge on any atom is -0.504 e. The highest BCUT2D eigenvalue weighted by Crippen LogP contribution is 2.24. The lowest BCUT2D eigenvalue weighted by molar-refractivity contribution is 0.347. The van der Waals surface area contributed by atoms with E-state index >= 15 is 0 Å². The number of nitrogens with two attached hydrogens (primary N) is 1. The maximum Gasteiger partial charge on any atom is 0.297 e. The average Bonchev–Trinajstić information content (AvgIpc) is 2.52. The van der Waals surface area contributed by atoms with Gasteiger partial charge in [-0.2, -0.15) is 12.8 Å². The van der Waals surface area contributed by atoms with Crippen LogP contribution >= 0.6 is 0 Å². The molecule has 0 unspecified atom stereocenters. The van der Waals surface area contributed by atoms with Gasteiger partial charge in [0.25, 0.3) is 10.0 Å². The van der Waals surface area contributed by atoms with Crippen LogP contribution in [0.5, 0.6) is 11.5 Å². The number of ether oxygens (including phenoxy) is 1. The number of hydrogen-bond acceptors (Lipinski definition) is 5. The Balaban J connectivity index is 2.09. The Bertz CT molecular complexity index is 604. The zero-order valence-corrected chi connectivity index (χ0v) is 9.52. The number of para-hydroxylation sites is 2. The second-order valence-corrected chi connectivity index (χ2v) is 4.96. The molecule has 1 aliphatic rings. The summed E-state index contributed by atoms with van der Waals surface area (Å²) in [6.07, 6.45) is 1.23. The van der Waals surface area contributed by atoms with Gasteiger partial charge in [-0.3, -0.25) is 0 Å². The number of phenolic OH excluding ortho intramolecular Hbond substituents is 1. The number of benzene rings is 1. The molecule has 3 N–H and O–H groups in total. The number of nitrogens with zero attached hydrogens (tertiary/aromatic N) is 1. The van der Waals surface area contributed by atoms with Crippen LogP contribution in [0.2, 0.25) is 0 Å². The minimum atomic E-state index is -3.70. The van der Waals surface area contributed by atoms with Crippen LogP contribution in [-0.4, -0.2) is 25.8 Å². The molecule has 0 saturated heterocycles. The topological polar surface area (TPSA) is 102 Å². The van der Waals surface area contributed by atoms with Crippen molar-refractivity contribution in [2.24, 2.45) is 10.1 Å². The van der Waals surface area contributed by atoms with E-state index in [1.165, 1.54) is 12.1 Å². The molecule has 6 nitrogen and oxygen atoms in total. The summed E-state index contributed by atoms with van der Waals surface area (Å²) in [5.41, 5.74) is 5.46. The van der Waals surface area contributed by atoms with Gasteiger partial charge in [-0.1, -0.05) is 12.1 Å². The quantitative estimate of drug-likeness (QED) is 0.810. The van der Waals surface area contributed by atoms with Crippen LogP contribution in [0.3, 0.4) is 0 Å². The van der Waals surface area contributed by atoms with Gasteiger partial charge in [0.15, 0.2) is 16.5 Å². The summed E-state index contributed by atoms with van der Waals surface area (Å²) in [4.78, 5) is 0. The van der Waals surface area contributed by atoms with Crippen molar-refractivity contribution >= 4 is 15.7 Å². The van der Waals surface area contributed by atoms with Gasteiger partial charge in [-0.05, 0) is 12.1 Å². The summed E-state index contributed by atoms with van der Waals surface area (Å²) in [5.74, 6) is 0.234. The van der Waals surface area contributed by atoms with Crippen LogP contribution in [0.4, 0.5) is 0 Å². The summed E-state index contributed by atoms with van der Waals surface area (Å²) in [6, 6.07) is 6.36. The zero-order valence-electron chi connectivity index (χ0n) is 8.70. The van der Waals surface area contributed by atoms with Crippen LogP contribution < -0.4 is 10.5 Å². The van der Waals surface area contributed by atoms with Crippen LogP contribution in [0.25, 0.3) is 0 Å². The van der Waals surface area contributed by atoms with Crippen LogP contribution in [0.15, 0.2) is 39.8 Å². The van der Waals surface area contributed by atoms with E-state index < -0.39 is 10.0 Å². The predicted octanol–water partition coefficient (Wildman–Crippen LogP) is 0.356. The fourth-order valence-electron chi connectivity index (χ4n) is 1.27. The Morgan fingerprint density at radius 3 is 2.65 bits per heavy atom. The first-order valence-electron chi connectivity index (χ1n) is 4.71. The zero-order chi connectivity index (χ0) is 12.5. The summed E-state index contributed by atoms with van der Waals surface area (Å²) in [5, 5.41) is 9.12. The Labute approximate surface area is 98.1 Å². The highest BCUT2D eigenvalue weighted by Gasteiger charge is 2.21. The summed E-state index contributed by atoms with van der Waals surface area (Å²) in [6.45, 7) is -0.0719. The lowest BCUT2D eigenvalue weighted by atomic mass is 10.3. The third kappa shape index (κ3) is 2.39. The molecule has 0 aliphatic carbocycles. The second-order valence-electron chi connectivity index (χ2n) is 3.36. The van der Waals surface area contributed by atoms with Gasteiger partial charge < -0.3 is 15.6 Å². The Kier molecular flexibility index (Phi) is 2.76. The standard InChI is InChI=1S/C10H10N2O4S/c11-10-5-7(12-17(10,14)15)6-16-9-4-2-1-3-8(9)13/h1-5,13H,6,11H2. The molecule has 90 valence electrons. The molecule has 0 atom stereocenters. The lowest BCUT2D eigenvalue weighted by Crippen LogP contribution is -2.07. The van der Waals surface area contributed by atoms with Crippen molar-refractivity contribution in [1.82, 2.24) is 0 Å². The largest absolute Gasteiger partial charge is 0.504 e. The smallest absolute Gasteiger partial charge is 0.297 e. The van der Waals surface area contributed by atoms with E-state index in [-0.39, 0.29) is 28.8 Å². The summed E-state index contributed by atoms with van der Waals surface area (Å²) in [7, 11) is -3.70. The number of phenols is 1. The molecule has 0 aromatic heterocycles. The molecule has 7 heteroatoms. The fraction of sp³-hybridized carbons (Fsp3) is 0.100. The average molecular weight is 254 g/mol.